The number of hydrogen-bond acceptors (Lipinski definition) is 3. The fourth-order valence-electron chi connectivity index (χ4n) is 0.619. The second-order valence-corrected chi connectivity index (χ2v) is 2.19. The van der Waals surface area contributed by atoms with E-state index < -0.39 is 0 Å². The molecule has 0 aromatic carbocycles. The van der Waals surface area contributed by atoms with Crippen LogP contribution in [0.1, 0.15) is 5.69 Å². The lowest BCUT2D eigenvalue weighted by atomic mass is 10.5. The van der Waals surface area contributed by atoms with Crippen LogP contribution in [-0.2, 0) is 7.05 Å². The summed E-state index contributed by atoms with van der Waals surface area (Å²) in [6, 6.07) is 0. The molecule has 0 aliphatic carbocycles. The van der Waals surface area contributed by atoms with Gasteiger partial charge in [-0.2, -0.15) is 5.10 Å². The van der Waals surface area contributed by atoms with Crippen molar-refractivity contribution >= 4 is 17.8 Å². The zero-order chi connectivity index (χ0) is 7.56. The standard InChI is InChI=1S/C5H6ClN3O/c1-9-3-4(6)5(8-9)2-7-10/h2-3,10H,1H3/b7-2-. The van der Waals surface area contributed by atoms with Crippen molar-refractivity contribution in [2.75, 3.05) is 0 Å². The maximum absolute atomic E-state index is 8.11. The Morgan fingerprint density at radius 3 is 3.00 bits per heavy atom. The molecule has 0 amide bonds. The largest absolute Gasteiger partial charge is 0.411 e. The molecule has 0 atom stereocenters. The average molecular weight is 160 g/mol. The molecule has 0 radical (unpaired) electrons. The Bertz CT molecular complexity index is 255. The molecular formula is C5H6ClN3O. The lowest BCUT2D eigenvalue weighted by Gasteiger charge is -1.81. The first-order chi connectivity index (χ1) is 4.74. The minimum Gasteiger partial charge on any atom is -0.411 e. The third-order valence-corrected chi connectivity index (χ3v) is 1.28. The van der Waals surface area contributed by atoms with Crippen molar-refractivity contribution in [1.29, 1.82) is 0 Å². The van der Waals surface area contributed by atoms with E-state index in [1.807, 2.05) is 0 Å². The molecular weight excluding hydrogens is 154 g/mol. The van der Waals surface area contributed by atoms with Crippen LogP contribution >= 0.6 is 11.6 Å². The monoisotopic (exact) mass is 159 g/mol. The summed E-state index contributed by atoms with van der Waals surface area (Å²) < 4.78 is 1.54. The molecule has 54 valence electrons. The molecule has 0 aliphatic heterocycles. The van der Waals surface area contributed by atoms with Crippen LogP contribution in [0.15, 0.2) is 11.4 Å². The fraction of sp³-hybridized carbons (Fsp3) is 0.200. The van der Waals surface area contributed by atoms with Gasteiger partial charge in [0.05, 0.1) is 11.2 Å². The summed E-state index contributed by atoms with van der Waals surface area (Å²) in [5.74, 6) is 0. The normalized spacial score (nSPS) is 11.0. The minimum atomic E-state index is 0.465. The third-order valence-electron chi connectivity index (χ3n) is 0.990. The predicted molar refractivity (Wildman–Crippen MR) is 37.6 cm³/mol. The number of aromatic nitrogens is 2. The highest BCUT2D eigenvalue weighted by molar-refractivity contribution is 6.32. The molecule has 0 saturated carbocycles. The van der Waals surface area contributed by atoms with Gasteiger partial charge in [0.15, 0.2) is 0 Å². The summed E-state index contributed by atoms with van der Waals surface area (Å²) in [6.07, 6.45) is 2.81. The molecule has 0 fully saturated rings. The van der Waals surface area contributed by atoms with E-state index in [4.69, 9.17) is 16.8 Å². The van der Waals surface area contributed by atoms with Crippen molar-refractivity contribution in [1.82, 2.24) is 9.78 Å². The molecule has 1 N–H and O–H groups in total. The molecule has 0 bridgehead atoms. The first-order valence-electron chi connectivity index (χ1n) is 2.60. The molecule has 10 heavy (non-hydrogen) atoms. The fourth-order valence-corrected chi connectivity index (χ4v) is 0.847. The molecule has 1 aromatic heterocycles. The topological polar surface area (TPSA) is 50.4 Å². The lowest BCUT2D eigenvalue weighted by Crippen LogP contribution is -1.89. The van der Waals surface area contributed by atoms with E-state index in [0.29, 0.717) is 10.7 Å². The maximum Gasteiger partial charge on any atom is 0.125 e. The zero-order valence-corrected chi connectivity index (χ0v) is 6.08. The van der Waals surface area contributed by atoms with Gasteiger partial charge in [0.1, 0.15) is 5.69 Å². The van der Waals surface area contributed by atoms with E-state index in [-0.39, 0.29) is 0 Å². The van der Waals surface area contributed by atoms with E-state index in [1.165, 1.54) is 6.21 Å². The molecule has 5 heteroatoms. The highest BCUT2D eigenvalue weighted by Gasteiger charge is 2.00. The van der Waals surface area contributed by atoms with E-state index in [1.54, 1.807) is 17.9 Å². The Morgan fingerprint density at radius 2 is 2.60 bits per heavy atom. The van der Waals surface area contributed by atoms with Crippen LogP contribution in [0.25, 0.3) is 0 Å². The third kappa shape index (κ3) is 1.27. The quantitative estimate of drug-likeness (QED) is 0.376. The van der Waals surface area contributed by atoms with E-state index in [2.05, 4.69) is 10.3 Å². The lowest BCUT2D eigenvalue weighted by molar-refractivity contribution is 0.321. The highest BCUT2D eigenvalue weighted by Crippen LogP contribution is 2.09. The second kappa shape index (κ2) is 2.70. The first kappa shape index (κ1) is 7.08. The second-order valence-electron chi connectivity index (χ2n) is 1.78. The zero-order valence-electron chi connectivity index (χ0n) is 5.32. The summed E-state index contributed by atoms with van der Waals surface area (Å²) in [5, 5.41) is 15.3. The Balaban J connectivity index is 3.03. The maximum atomic E-state index is 8.11. The van der Waals surface area contributed by atoms with Gasteiger partial charge < -0.3 is 5.21 Å². The summed E-state index contributed by atoms with van der Waals surface area (Å²) >= 11 is 5.64. The molecule has 0 saturated heterocycles. The molecule has 0 spiro atoms. The van der Waals surface area contributed by atoms with Crippen molar-refractivity contribution in [3.8, 4) is 0 Å². The van der Waals surface area contributed by atoms with Gasteiger partial charge in [-0.25, -0.2) is 0 Å². The Labute approximate surface area is 62.7 Å². The van der Waals surface area contributed by atoms with Gasteiger partial charge in [-0.05, 0) is 0 Å². The van der Waals surface area contributed by atoms with Gasteiger partial charge in [-0.15, -0.1) is 0 Å². The van der Waals surface area contributed by atoms with Crippen molar-refractivity contribution in [2.24, 2.45) is 12.2 Å². The number of nitrogens with zero attached hydrogens (tertiary/aromatic N) is 3. The number of hydrogen-bond donors (Lipinski definition) is 1. The van der Waals surface area contributed by atoms with E-state index in [0.717, 1.165) is 0 Å². The van der Waals surface area contributed by atoms with Crippen molar-refractivity contribution < 1.29 is 5.21 Å². The average Bonchev–Trinajstić information content (AvgIpc) is 2.13. The van der Waals surface area contributed by atoms with Crippen LogP contribution in [0.3, 0.4) is 0 Å². The van der Waals surface area contributed by atoms with Gasteiger partial charge in [-0.3, -0.25) is 4.68 Å². The number of rotatable bonds is 1. The molecule has 0 unspecified atom stereocenters. The molecule has 0 aliphatic rings. The minimum absolute atomic E-state index is 0.465. The van der Waals surface area contributed by atoms with Crippen LogP contribution in [0.5, 0.6) is 0 Å². The van der Waals surface area contributed by atoms with Gasteiger partial charge in [-0.1, -0.05) is 16.8 Å². The number of halogens is 1. The Hall–Kier alpha value is -1.03. The number of oxime groups is 1. The van der Waals surface area contributed by atoms with Crippen molar-refractivity contribution in [2.45, 2.75) is 0 Å². The summed E-state index contributed by atoms with van der Waals surface area (Å²) in [4.78, 5) is 0. The summed E-state index contributed by atoms with van der Waals surface area (Å²) in [7, 11) is 1.74. The highest BCUT2D eigenvalue weighted by atomic mass is 35.5. The summed E-state index contributed by atoms with van der Waals surface area (Å²) in [6.45, 7) is 0. The van der Waals surface area contributed by atoms with E-state index in [9.17, 15) is 0 Å². The van der Waals surface area contributed by atoms with Gasteiger partial charge in [0, 0.05) is 13.2 Å². The van der Waals surface area contributed by atoms with Crippen molar-refractivity contribution in [3.63, 3.8) is 0 Å². The Morgan fingerprint density at radius 1 is 1.90 bits per heavy atom. The first-order valence-corrected chi connectivity index (χ1v) is 2.98. The predicted octanol–water partition coefficient (Wildman–Crippen LogP) is 0.882. The van der Waals surface area contributed by atoms with E-state index >= 15 is 0 Å². The van der Waals surface area contributed by atoms with Crippen LogP contribution in [0.4, 0.5) is 0 Å². The van der Waals surface area contributed by atoms with Gasteiger partial charge in [0.2, 0.25) is 0 Å². The van der Waals surface area contributed by atoms with Gasteiger partial charge in [0.25, 0.3) is 0 Å². The molecule has 1 rings (SSSR count). The molecule has 1 heterocycles. The van der Waals surface area contributed by atoms with Crippen LogP contribution < -0.4 is 0 Å². The smallest absolute Gasteiger partial charge is 0.125 e. The van der Waals surface area contributed by atoms with Gasteiger partial charge >= 0.3 is 0 Å². The van der Waals surface area contributed by atoms with Crippen molar-refractivity contribution in [3.05, 3.63) is 16.9 Å². The SMILES string of the molecule is Cn1cc(Cl)c(/C=N\O)n1. The van der Waals surface area contributed by atoms with Crippen LogP contribution in [0, 0.1) is 0 Å². The van der Waals surface area contributed by atoms with Crippen LogP contribution in [-0.4, -0.2) is 21.2 Å². The van der Waals surface area contributed by atoms with Crippen LogP contribution in [0.2, 0.25) is 5.02 Å². The molecule has 4 nitrogen and oxygen atoms in total. The Kier molecular flexibility index (Phi) is 1.91. The number of aryl methyl sites for hydroxylation is 1. The summed E-state index contributed by atoms with van der Waals surface area (Å²) in [5.41, 5.74) is 0.465. The molecule has 1 aromatic rings.